The Balaban J connectivity index is 0.875. The average Bonchev–Trinajstić information content (AvgIpc) is 3.43. The van der Waals surface area contributed by atoms with Crippen LogP contribution in [0.25, 0.3) is 0 Å². The zero-order chi connectivity index (χ0) is 52.1. The quantitative estimate of drug-likeness (QED) is 0.0945. The van der Waals surface area contributed by atoms with E-state index in [1.807, 2.05) is 121 Å². The van der Waals surface area contributed by atoms with E-state index in [-0.39, 0.29) is 22.3 Å². The zero-order valence-corrected chi connectivity index (χ0v) is 43.5. The van der Waals surface area contributed by atoms with Gasteiger partial charge in [0.05, 0.1) is 11.4 Å². The van der Waals surface area contributed by atoms with Gasteiger partial charge in [-0.3, -0.25) is 9.98 Å². The molecule has 0 unspecified atom stereocenters. The van der Waals surface area contributed by atoms with E-state index < -0.39 is 10.8 Å². The summed E-state index contributed by atoms with van der Waals surface area (Å²) in [4.78, 5) is 9.66. The molecule has 6 heteroatoms. The van der Waals surface area contributed by atoms with Crippen molar-refractivity contribution in [2.24, 2.45) is 9.98 Å². The fourth-order valence-corrected chi connectivity index (χ4v) is 9.59. The molecule has 0 amide bonds. The lowest BCUT2D eigenvalue weighted by molar-refractivity contribution is 0.450. The first-order valence-electron chi connectivity index (χ1n) is 25.2. The number of aliphatic imine (C=N–C) groups is 2. The van der Waals surface area contributed by atoms with Crippen molar-refractivity contribution < 1.29 is 19.7 Å². The summed E-state index contributed by atoms with van der Waals surface area (Å²) in [5, 5.41) is 23.8. The van der Waals surface area contributed by atoms with E-state index in [1.165, 1.54) is 11.1 Å². The number of hydrogen-bond acceptors (Lipinski definition) is 6. The van der Waals surface area contributed by atoms with E-state index in [9.17, 15) is 10.2 Å². The summed E-state index contributed by atoms with van der Waals surface area (Å²) < 4.78 is 12.4. The molecule has 9 rings (SSSR count). The highest BCUT2D eigenvalue weighted by molar-refractivity contribution is 5.88. The molecule has 9 aromatic carbocycles. The molecule has 0 atom stereocenters. The maximum absolute atomic E-state index is 11.9. The molecule has 0 saturated heterocycles. The van der Waals surface area contributed by atoms with E-state index in [0.717, 1.165) is 44.8 Å². The van der Waals surface area contributed by atoms with Gasteiger partial charge in [0.1, 0.15) is 34.5 Å². The minimum atomic E-state index is -0.475. The van der Waals surface area contributed by atoms with E-state index in [1.54, 1.807) is 12.4 Å². The van der Waals surface area contributed by atoms with Crippen LogP contribution in [0.15, 0.2) is 228 Å². The standard InChI is InChI=1S/C68H64N2O4/c1-65(2,49-21-13-9-14-22-49)53-41-47(63(71)61(43-53)67(5,6)51-25-17-11-18-26-51)45-69-55-29-33-57(34-30-55)73-59-37-39-60(40-38-59)74-58-35-31-56(32-36-58)70-46-48-42-54(66(3,4)50-23-15-10-16-24-50)44-62(64(48)72)68(7,8)52-27-19-12-20-28-52/h9-46,71-72H,1-8H3. The van der Waals surface area contributed by atoms with Crippen LogP contribution >= 0.6 is 0 Å². The second-order valence-corrected chi connectivity index (χ2v) is 21.1. The molecule has 0 saturated carbocycles. The van der Waals surface area contributed by atoms with E-state index in [0.29, 0.717) is 34.1 Å². The van der Waals surface area contributed by atoms with Crippen LogP contribution in [0.3, 0.4) is 0 Å². The number of phenols is 2. The van der Waals surface area contributed by atoms with Gasteiger partial charge < -0.3 is 19.7 Å². The Bertz CT molecular complexity index is 3170. The summed E-state index contributed by atoms with van der Waals surface area (Å²) in [6.45, 7) is 17.5. The van der Waals surface area contributed by atoms with Crippen molar-refractivity contribution in [1.29, 1.82) is 0 Å². The Labute approximate surface area is 437 Å². The molecular formula is C68H64N2O4. The number of hydrogen-bond donors (Lipinski definition) is 2. The molecule has 9 aromatic rings. The SMILES string of the molecule is CC(C)(c1ccccc1)c1cc(C=Nc2ccc(Oc3ccc(Oc4ccc(N=Cc5cc(C(C)(C)c6ccccc6)cc(C(C)(C)c6ccccc6)c5O)cc4)cc3)cc2)c(O)c(C(C)(C)c2ccccc2)c1. The highest BCUT2D eigenvalue weighted by Gasteiger charge is 2.33. The van der Waals surface area contributed by atoms with Gasteiger partial charge in [-0.15, -0.1) is 0 Å². The molecule has 0 radical (unpaired) electrons. The molecule has 6 nitrogen and oxygen atoms in total. The number of ether oxygens (including phenoxy) is 2. The predicted octanol–water partition coefficient (Wildman–Crippen LogP) is 17.5. The molecule has 370 valence electrons. The van der Waals surface area contributed by atoms with Gasteiger partial charge in [-0.1, -0.05) is 189 Å². The second-order valence-electron chi connectivity index (χ2n) is 21.1. The number of phenolic OH excluding ortho intramolecular Hbond substituents is 2. The Morgan fingerprint density at radius 3 is 0.851 bits per heavy atom. The molecule has 0 aliphatic carbocycles. The summed E-state index contributed by atoms with van der Waals surface area (Å²) >= 11 is 0. The molecule has 0 aromatic heterocycles. The largest absolute Gasteiger partial charge is 0.507 e. The van der Waals surface area contributed by atoms with Gasteiger partial charge in [0.15, 0.2) is 0 Å². The monoisotopic (exact) mass is 972 g/mol. The molecular weight excluding hydrogens is 909 g/mol. The molecule has 0 spiro atoms. The Kier molecular flexibility index (Phi) is 14.3. The fourth-order valence-electron chi connectivity index (χ4n) is 9.59. The molecule has 2 N–H and O–H groups in total. The van der Waals surface area contributed by atoms with Gasteiger partial charge in [0.2, 0.25) is 0 Å². The van der Waals surface area contributed by atoms with Crippen LogP contribution in [0.2, 0.25) is 0 Å². The second kappa shape index (κ2) is 20.9. The third-order valence-electron chi connectivity index (χ3n) is 14.7. The highest BCUT2D eigenvalue weighted by Crippen LogP contribution is 2.45. The maximum Gasteiger partial charge on any atom is 0.128 e. The van der Waals surface area contributed by atoms with Gasteiger partial charge in [0.25, 0.3) is 0 Å². The minimum absolute atomic E-state index is 0.213. The smallest absolute Gasteiger partial charge is 0.128 e. The number of rotatable bonds is 16. The van der Waals surface area contributed by atoms with Crippen molar-refractivity contribution in [2.75, 3.05) is 0 Å². The topological polar surface area (TPSA) is 83.6 Å². The van der Waals surface area contributed by atoms with Crippen LogP contribution in [0.1, 0.15) is 111 Å². The number of nitrogens with zero attached hydrogens (tertiary/aromatic N) is 2. The summed E-state index contributed by atoms with van der Waals surface area (Å²) in [6, 6.07) is 72.5. The number of benzene rings is 9. The fraction of sp³-hybridized carbons (Fsp3) is 0.176. The first-order valence-corrected chi connectivity index (χ1v) is 25.2. The van der Waals surface area contributed by atoms with Crippen LogP contribution in [0.5, 0.6) is 34.5 Å². The molecule has 74 heavy (non-hydrogen) atoms. The third kappa shape index (κ3) is 10.8. The molecule has 0 fully saturated rings. The highest BCUT2D eigenvalue weighted by atomic mass is 16.5. The first-order chi connectivity index (χ1) is 35.5. The van der Waals surface area contributed by atoms with Crippen LogP contribution in [0, 0.1) is 0 Å². The Morgan fingerprint density at radius 1 is 0.311 bits per heavy atom. The molecule has 0 heterocycles. The Morgan fingerprint density at radius 2 is 0.568 bits per heavy atom. The molecule has 0 aliphatic rings. The van der Waals surface area contributed by atoms with Crippen molar-refractivity contribution in [2.45, 2.75) is 77.0 Å². The summed E-state index contributed by atoms with van der Waals surface area (Å²) in [5.41, 5.74) is 9.58. The normalized spacial score (nSPS) is 12.3. The van der Waals surface area contributed by atoms with Gasteiger partial charge in [-0.05, 0) is 118 Å². The molecule has 0 bridgehead atoms. The average molecular weight is 973 g/mol. The predicted molar refractivity (Wildman–Crippen MR) is 304 cm³/mol. The van der Waals surface area contributed by atoms with E-state index in [4.69, 9.17) is 19.5 Å². The van der Waals surface area contributed by atoms with Crippen molar-refractivity contribution in [1.82, 2.24) is 0 Å². The lowest BCUT2D eigenvalue weighted by Gasteiger charge is -2.32. The minimum Gasteiger partial charge on any atom is -0.507 e. The van der Waals surface area contributed by atoms with Crippen molar-refractivity contribution in [3.05, 3.63) is 274 Å². The van der Waals surface area contributed by atoms with Crippen molar-refractivity contribution >= 4 is 23.8 Å². The Hall–Kier alpha value is -8.48. The van der Waals surface area contributed by atoms with Crippen LogP contribution in [-0.2, 0) is 21.7 Å². The number of aromatic hydroxyl groups is 2. The zero-order valence-electron chi connectivity index (χ0n) is 43.5. The summed E-state index contributed by atoms with van der Waals surface area (Å²) in [5.74, 6) is 3.06. The van der Waals surface area contributed by atoms with Gasteiger partial charge in [0, 0.05) is 56.3 Å². The van der Waals surface area contributed by atoms with Crippen molar-refractivity contribution in [3.8, 4) is 34.5 Å². The van der Waals surface area contributed by atoms with Crippen molar-refractivity contribution in [3.63, 3.8) is 0 Å². The lowest BCUT2D eigenvalue weighted by Crippen LogP contribution is -2.24. The maximum atomic E-state index is 11.9. The van der Waals surface area contributed by atoms with Gasteiger partial charge in [-0.25, -0.2) is 0 Å². The van der Waals surface area contributed by atoms with E-state index in [2.05, 4.69) is 152 Å². The third-order valence-corrected chi connectivity index (χ3v) is 14.7. The van der Waals surface area contributed by atoms with Crippen LogP contribution in [-0.4, -0.2) is 22.6 Å². The summed E-state index contributed by atoms with van der Waals surface area (Å²) in [7, 11) is 0. The molecule has 0 aliphatic heterocycles. The van der Waals surface area contributed by atoms with Crippen LogP contribution < -0.4 is 9.47 Å². The van der Waals surface area contributed by atoms with Crippen LogP contribution in [0.4, 0.5) is 11.4 Å². The summed E-state index contributed by atoms with van der Waals surface area (Å²) in [6.07, 6.45) is 3.50. The lowest BCUT2D eigenvalue weighted by atomic mass is 9.72. The van der Waals surface area contributed by atoms with Gasteiger partial charge in [-0.2, -0.15) is 0 Å². The van der Waals surface area contributed by atoms with E-state index >= 15 is 0 Å². The first kappa shape index (κ1) is 50.5. The van der Waals surface area contributed by atoms with Gasteiger partial charge >= 0.3 is 0 Å².